The van der Waals surface area contributed by atoms with Crippen LogP contribution in [0, 0.1) is 20.8 Å². The first-order valence-corrected chi connectivity index (χ1v) is 6.64. The standard InChI is InChI=1S/C15H16OS/c1-10-6-12(3)14(7-11(10)2)15(16)8-13-4-5-17-9-13/h4-7,9H,8H2,1-3H3. The van der Waals surface area contributed by atoms with Gasteiger partial charge in [-0.25, -0.2) is 0 Å². The van der Waals surface area contributed by atoms with Gasteiger partial charge in [0.2, 0.25) is 0 Å². The molecule has 0 aliphatic heterocycles. The first-order valence-electron chi connectivity index (χ1n) is 5.70. The van der Waals surface area contributed by atoms with Gasteiger partial charge in [0.05, 0.1) is 0 Å². The minimum absolute atomic E-state index is 0.212. The zero-order chi connectivity index (χ0) is 12.4. The van der Waals surface area contributed by atoms with E-state index in [1.807, 2.05) is 29.8 Å². The molecule has 2 aromatic rings. The van der Waals surface area contributed by atoms with E-state index in [1.165, 1.54) is 11.1 Å². The number of carbonyl (C=O) groups is 1. The van der Waals surface area contributed by atoms with E-state index in [2.05, 4.69) is 19.9 Å². The van der Waals surface area contributed by atoms with E-state index in [4.69, 9.17) is 0 Å². The lowest BCUT2D eigenvalue weighted by molar-refractivity contribution is 0.0992. The highest BCUT2D eigenvalue weighted by Crippen LogP contribution is 2.18. The fourth-order valence-corrected chi connectivity index (χ4v) is 2.60. The van der Waals surface area contributed by atoms with Crippen LogP contribution in [0.2, 0.25) is 0 Å². The minimum Gasteiger partial charge on any atom is -0.294 e. The molecule has 0 fully saturated rings. The van der Waals surface area contributed by atoms with Gasteiger partial charge in [-0.15, -0.1) is 0 Å². The molecule has 0 spiro atoms. The van der Waals surface area contributed by atoms with Gasteiger partial charge in [0, 0.05) is 12.0 Å². The van der Waals surface area contributed by atoms with Crippen molar-refractivity contribution < 1.29 is 4.79 Å². The monoisotopic (exact) mass is 244 g/mol. The fraction of sp³-hybridized carbons (Fsp3) is 0.267. The average Bonchev–Trinajstić information content (AvgIpc) is 2.76. The van der Waals surface area contributed by atoms with Crippen molar-refractivity contribution in [2.24, 2.45) is 0 Å². The van der Waals surface area contributed by atoms with Crippen molar-refractivity contribution in [3.8, 4) is 0 Å². The summed E-state index contributed by atoms with van der Waals surface area (Å²) in [6, 6.07) is 6.12. The number of benzene rings is 1. The Hall–Kier alpha value is -1.41. The molecule has 0 aliphatic carbocycles. The van der Waals surface area contributed by atoms with Gasteiger partial charge in [-0.05, 0) is 65.9 Å². The summed E-state index contributed by atoms with van der Waals surface area (Å²) in [7, 11) is 0. The van der Waals surface area contributed by atoms with Gasteiger partial charge in [0.15, 0.2) is 5.78 Å². The lowest BCUT2D eigenvalue weighted by atomic mass is 9.96. The summed E-state index contributed by atoms with van der Waals surface area (Å²) in [5.74, 6) is 0.212. The Kier molecular flexibility index (Phi) is 3.43. The number of ketones is 1. The molecular formula is C15H16OS. The number of rotatable bonds is 3. The van der Waals surface area contributed by atoms with Crippen LogP contribution >= 0.6 is 11.3 Å². The Morgan fingerprint density at radius 2 is 1.82 bits per heavy atom. The summed E-state index contributed by atoms with van der Waals surface area (Å²) in [5.41, 5.74) is 5.48. The van der Waals surface area contributed by atoms with Crippen molar-refractivity contribution in [3.63, 3.8) is 0 Å². The van der Waals surface area contributed by atoms with E-state index < -0.39 is 0 Å². The van der Waals surface area contributed by atoms with Gasteiger partial charge in [0.25, 0.3) is 0 Å². The Bertz CT molecular complexity index is 538. The van der Waals surface area contributed by atoms with Crippen LogP contribution < -0.4 is 0 Å². The summed E-state index contributed by atoms with van der Waals surface area (Å²) in [6.45, 7) is 6.14. The molecule has 88 valence electrons. The van der Waals surface area contributed by atoms with E-state index in [0.29, 0.717) is 6.42 Å². The van der Waals surface area contributed by atoms with Crippen LogP contribution in [0.4, 0.5) is 0 Å². The first kappa shape index (κ1) is 12.1. The van der Waals surface area contributed by atoms with Gasteiger partial charge in [-0.1, -0.05) is 6.07 Å². The third-order valence-corrected chi connectivity index (χ3v) is 3.82. The molecule has 0 radical (unpaired) electrons. The predicted octanol–water partition coefficient (Wildman–Crippen LogP) is 4.10. The van der Waals surface area contributed by atoms with Crippen molar-refractivity contribution in [1.82, 2.24) is 0 Å². The smallest absolute Gasteiger partial charge is 0.167 e. The Morgan fingerprint density at radius 1 is 1.12 bits per heavy atom. The van der Waals surface area contributed by atoms with Crippen molar-refractivity contribution in [3.05, 3.63) is 56.8 Å². The highest BCUT2D eigenvalue weighted by molar-refractivity contribution is 7.08. The second kappa shape index (κ2) is 4.84. The van der Waals surface area contributed by atoms with Crippen LogP contribution in [-0.4, -0.2) is 5.78 Å². The van der Waals surface area contributed by atoms with Crippen LogP contribution in [0.1, 0.15) is 32.6 Å². The Balaban J connectivity index is 2.28. The molecule has 2 rings (SSSR count). The maximum absolute atomic E-state index is 12.2. The molecule has 0 saturated carbocycles. The number of Topliss-reactive ketones (excluding diaryl/α,β-unsaturated/α-hetero) is 1. The lowest BCUT2D eigenvalue weighted by Gasteiger charge is -2.08. The zero-order valence-corrected chi connectivity index (χ0v) is 11.2. The van der Waals surface area contributed by atoms with Crippen molar-refractivity contribution in [2.45, 2.75) is 27.2 Å². The van der Waals surface area contributed by atoms with Gasteiger partial charge in [-0.3, -0.25) is 4.79 Å². The average molecular weight is 244 g/mol. The summed E-state index contributed by atoms with van der Waals surface area (Å²) in [4.78, 5) is 12.2. The van der Waals surface area contributed by atoms with Crippen LogP contribution in [0.15, 0.2) is 29.0 Å². The van der Waals surface area contributed by atoms with Crippen molar-refractivity contribution >= 4 is 17.1 Å². The zero-order valence-electron chi connectivity index (χ0n) is 10.4. The SMILES string of the molecule is Cc1cc(C)c(C(=O)Cc2ccsc2)cc1C. The molecule has 1 aromatic carbocycles. The number of hydrogen-bond acceptors (Lipinski definition) is 2. The third kappa shape index (κ3) is 2.64. The molecule has 0 N–H and O–H groups in total. The first-order chi connectivity index (χ1) is 8.08. The van der Waals surface area contributed by atoms with Crippen LogP contribution in [0.5, 0.6) is 0 Å². The van der Waals surface area contributed by atoms with E-state index in [0.717, 1.165) is 16.7 Å². The number of carbonyl (C=O) groups excluding carboxylic acids is 1. The number of hydrogen-bond donors (Lipinski definition) is 0. The second-order valence-corrected chi connectivity index (χ2v) is 5.26. The Morgan fingerprint density at radius 3 is 2.47 bits per heavy atom. The van der Waals surface area contributed by atoms with E-state index >= 15 is 0 Å². The van der Waals surface area contributed by atoms with E-state index in [9.17, 15) is 4.79 Å². The lowest BCUT2D eigenvalue weighted by Crippen LogP contribution is -2.06. The van der Waals surface area contributed by atoms with Gasteiger partial charge >= 0.3 is 0 Å². The molecule has 17 heavy (non-hydrogen) atoms. The second-order valence-electron chi connectivity index (χ2n) is 4.48. The van der Waals surface area contributed by atoms with Crippen LogP contribution in [0.3, 0.4) is 0 Å². The molecule has 1 nitrogen and oxygen atoms in total. The summed E-state index contributed by atoms with van der Waals surface area (Å²) >= 11 is 1.63. The maximum atomic E-state index is 12.2. The Labute approximate surface area is 106 Å². The third-order valence-electron chi connectivity index (χ3n) is 3.09. The quantitative estimate of drug-likeness (QED) is 0.743. The van der Waals surface area contributed by atoms with Gasteiger partial charge < -0.3 is 0 Å². The summed E-state index contributed by atoms with van der Waals surface area (Å²) in [6.07, 6.45) is 0.507. The maximum Gasteiger partial charge on any atom is 0.167 e. The molecule has 0 aliphatic rings. The molecule has 0 unspecified atom stereocenters. The predicted molar refractivity (Wildman–Crippen MR) is 73.0 cm³/mol. The molecule has 0 amide bonds. The largest absolute Gasteiger partial charge is 0.294 e. The molecule has 0 bridgehead atoms. The summed E-state index contributed by atoms with van der Waals surface area (Å²) in [5, 5.41) is 4.05. The molecule has 0 atom stereocenters. The molecular weight excluding hydrogens is 228 g/mol. The van der Waals surface area contributed by atoms with Crippen LogP contribution in [-0.2, 0) is 6.42 Å². The highest BCUT2D eigenvalue weighted by atomic mass is 32.1. The number of thiophene rings is 1. The van der Waals surface area contributed by atoms with E-state index in [1.54, 1.807) is 11.3 Å². The normalized spacial score (nSPS) is 10.5. The number of aryl methyl sites for hydroxylation is 3. The molecule has 2 heteroatoms. The highest BCUT2D eigenvalue weighted by Gasteiger charge is 2.11. The fourth-order valence-electron chi connectivity index (χ4n) is 1.93. The van der Waals surface area contributed by atoms with Crippen molar-refractivity contribution in [1.29, 1.82) is 0 Å². The topological polar surface area (TPSA) is 17.1 Å². The van der Waals surface area contributed by atoms with Crippen LogP contribution in [0.25, 0.3) is 0 Å². The summed E-state index contributed by atoms with van der Waals surface area (Å²) < 4.78 is 0. The minimum atomic E-state index is 0.212. The molecule has 0 saturated heterocycles. The molecule has 1 heterocycles. The van der Waals surface area contributed by atoms with Gasteiger partial charge in [-0.2, -0.15) is 11.3 Å². The molecule has 1 aromatic heterocycles. The van der Waals surface area contributed by atoms with Gasteiger partial charge in [0.1, 0.15) is 0 Å². The van der Waals surface area contributed by atoms with Crippen molar-refractivity contribution in [2.75, 3.05) is 0 Å². The van der Waals surface area contributed by atoms with E-state index in [-0.39, 0.29) is 5.78 Å².